The van der Waals surface area contributed by atoms with Gasteiger partial charge in [0.05, 0.1) is 5.69 Å². The average Bonchev–Trinajstić information content (AvgIpc) is 3.08. The van der Waals surface area contributed by atoms with E-state index in [0.29, 0.717) is 25.3 Å². The standard InChI is InChI=1S/C17H21N3O4/c1-4-19(5-2)17(23)16-10(3)14-12(24-16)7-6-11-8-20(9-13(21)22)18-15(11)14/h8H,4-7,9H2,1-3H3,(H,21,22). The molecule has 1 amide bonds. The normalized spacial score (nSPS) is 12.6. The minimum atomic E-state index is -0.934. The van der Waals surface area contributed by atoms with Crippen LogP contribution in [0.5, 0.6) is 0 Å². The summed E-state index contributed by atoms with van der Waals surface area (Å²) < 4.78 is 7.30. The molecule has 0 spiro atoms. The molecule has 0 saturated carbocycles. The van der Waals surface area contributed by atoms with Gasteiger partial charge in [0.1, 0.15) is 12.3 Å². The molecule has 7 heteroatoms. The van der Waals surface area contributed by atoms with Gasteiger partial charge in [0.25, 0.3) is 5.91 Å². The summed E-state index contributed by atoms with van der Waals surface area (Å²) in [7, 11) is 0. The van der Waals surface area contributed by atoms with Crippen molar-refractivity contribution in [3.8, 4) is 11.3 Å². The number of carbonyl (C=O) groups is 2. The molecular weight excluding hydrogens is 310 g/mol. The van der Waals surface area contributed by atoms with Crippen LogP contribution < -0.4 is 0 Å². The van der Waals surface area contributed by atoms with Gasteiger partial charge < -0.3 is 14.4 Å². The van der Waals surface area contributed by atoms with Crippen LogP contribution in [0.25, 0.3) is 11.3 Å². The third kappa shape index (κ3) is 2.60. The molecule has 3 rings (SSSR count). The van der Waals surface area contributed by atoms with Crippen LogP contribution in [0.15, 0.2) is 10.6 Å². The third-order valence-electron chi connectivity index (χ3n) is 4.46. The first-order valence-corrected chi connectivity index (χ1v) is 8.16. The van der Waals surface area contributed by atoms with Crippen LogP contribution in [0.2, 0.25) is 0 Å². The van der Waals surface area contributed by atoms with Crippen LogP contribution in [0, 0.1) is 6.92 Å². The van der Waals surface area contributed by atoms with E-state index in [1.54, 1.807) is 11.1 Å². The fourth-order valence-electron chi connectivity index (χ4n) is 3.24. The van der Waals surface area contributed by atoms with Gasteiger partial charge in [0, 0.05) is 36.8 Å². The summed E-state index contributed by atoms with van der Waals surface area (Å²) in [6.07, 6.45) is 3.19. The zero-order chi connectivity index (χ0) is 17.4. The van der Waals surface area contributed by atoms with E-state index in [1.807, 2.05) is 20.8 Å². The molecule has 1 N–H and O–H groups in total. The molecule has 1 aliphatic carbocycles. The van der Waals surface area contributed by atoms with Gasteiger partial charge in [-0.15, -0.1) is 0 Å². The number of rotatable bonds is 5. The van der Waals surface area contributed by atoms with Crippen molar-refractivity contribution < 1.29 is 19.1 Å². The molecule has 0 saturated heterocycles. The minimum Gasteiger partial charge on any atom is -0.480 e. The van der Waals surface area contributed by atoms with Gasteiger partial charge in [-0.05, 0) is 32.8 Å². The molecule has 0 aliphatic heterocycles. The highest BCUT2D eigenvalue weighted by Gasteiger charge is 2.31. The second-order valence-electron chi connectivity index (χ2n) is 5.93. The highest BCUT2D eigenvalue weighted by molar-refractivity contribution is 5.95. The zero-order valence-corrected chi connectivity index (χ0v) is 14.1. The van der Waals surface area contributed by atoms with Gasteiger partial charge in [-0.25, -0.2) is 0 Å². The summed E-state index contributed by atoms with van der Waals surface area (Å²) in [4.78, 5) is 25.3. The van der Waals surface area contributed by atoms with Crippen molar-refractivity contribution in [2.75, 3.05) is 13.1 Å². The maximum absolute atomic E-state index is 12.6. The number of aryl methyl sites for hydroxylation is 2. The average molecular weight is 331 g/mol. The summed E-state index contributed by atoms with van der Waals surface area (Å²) in [6, 6.07) is 0. The lowest BCUT2D eigenvalue weighted by molar-refractivity contribution is -0.137. The number of carbonyl (C=O) groups excluding carboxylic acids is 1. The Morgan fingerprint density at radius 1 is 1.33 bits per heavy atom. The van der Waals surface area contributed by atoms with Crippen molar-refractivity contribution in [3.05, 3.63) is 28.8 Å². The van der Waals surface area contributed by atoms with Gasteiger partial charge >= 0.3 is 5.97 Å². The maximum Gasteiger partial charge on any atom is 0.325 e. The first-order valence-electron chi connectivity index (χ1n) is 8.16. The number of carboxylic acids is 1. The number of aromatic nitrogens is 2. The van der Waals surface area contributed by atoms with E-state index >= 15 is 0 Å². The van der Waals surface area contributed by atoms with Crippen molar-refractivity contribution >= 4 is 11.9 Å². The van der Waals surface area contributed by atoms with E-state index in [9.17, 15) is 9.59 Å². The topological polar surface area (TPSA) is 88.6 Å². The van der Waals surface area contributed by atoms with E-state index in [0.717, 1.165) is 34.6 Å². The molecule has 0 aromatic carbocycles. The van der Waals surface area contributed by atoms with E-state index in [1.165, 1.54) is 4.68 Å². The predicted octanol–water partition coefficient (Wildman–Crippen LogP) is 2.12. The minimum absolute atomic E-state index is 0.113. The molecule has 0 unspecified atom stereocenters. The Kier molecular flexibility index (Phi) is 4.17. The first-order chi connectivity index (χ1) is 11.5. The Morgan fingerprint density at radius 3 is 2.67 bits per heavy atom. The number of amides is 1. The van der Waals surface area contributed by atoms with E-state index in [4.69, 9.17) is 9.52 Å². The Hall–Kier alpha value is -2.57. The van der Waals surface area contributed by atoms with Crippen LogP contribution in [0.1, 0.15) is 41.3 Å². The number of carboxylic acid groups (broad SMARTS) is 1. The number of aliphatic carboxylic acids is 1. The van der Waals surface area contributed by atoms with Crippen molar-refractivity contribution in [2.45, 2.75) is 40.2 Å². The zero-order valence-electron chi connectivity index (χ0n) is 14.1. The lowest BCUT2D eigenvalue weighted by Crippen LogP contribution is -2.30. The summed E-state index contributed by atoms with van der Waals surface area (Å²) in [5, 5.41) is 13.3. The lowest BCUT2D eigenvalue weighted by atomic mass is 9.93. The smallest absolute Gasteiger partial charge is 0.325 e. The number of hydrogen-bond acceptors (Lipinski definition) is 4. The van der Waals surface area contributed by atoms with Crippen LogP contribution in [-0.2, 0) is 24.2 Å². The van der Waals surface area contributed by atoms with Crippen LogP contribution in [0.4, 0.5) is 0 Å². The van der Waals surface area contributed by atoms with Crippen LogP contribution in [0.3, 0.4) is 0 Å². The fraction of sp³-hybridized carbons (Fsp3) is 0.471. The Balaban J connectivity index is 2.03. The molecule has 0 bridgehead atoms. The van der Waals surface area contributed by atoms with Gasteiger partial charge in [0.2, 0.25) is 0 Å². The van der Waals surface area contributed by atoms with Gasteiger partial charge in [-0.2, -0.15) is 5.10 Å². The quantitative estimate of drug-likeness (QED) is 0.906. The maximum atomic E-state index is 12.6. The molecule has 2 heterocycles. The molecule has 2 aromatic rings. The predicted molar refractivity (Wildman–Crippen MR) is 87.0 cm³/mol. The van der Waals surface area contributed by atoms with Crippen molar-refractivity contribution in [1.82, 2.24) is 14.7 Å². The molecule has 0 atom stereocenters. The lowest BCUT2D eigenvalue weighted by Gasteiger charge is -2.17. The van der Waals surface area contributed by atoms with Crippen LogP contribution in [-0.4, -0.2) is 44.8 Å². The number of furan rings is 1. The van der Waals surface area contributed by atoms with Gasteiger partial charge in [-0.3, -0.25) is 14.3 Å². The van der Waals surface area contributed by atoms with Gasteiger partial charge in [0.15, 0.2) is 5.76 Å². The first kappa shape index (κ1) is 16.3. The van der Waals surface area contributed by atoms with E-state index < -0.39 is 5.97 Å². The molecule has 24 heavy (non-hydrogen) atoms. The molecule has 0 fully saturated rings. The molecule has 1 aliphatic rings. The number of fused-ring (bicyclic) bond motifs is 3. The second-order valence-corrected chi connectivity index (χ2v) is 5.93. The summed E-state index contributed by atoms with van der Waals surface area (Å²) in [5.41, 5.74) is 3.35. The molecule has 2 aromatic heterocycles. The summed E-state index contributed by atoms with van der Waals surface area (Å²) in [5.74, 6) is 0.0789. The van der Waals surface area contributed by atoms with E-state index in [2.05, 4.69) is 5.10 Å². The van der Waals surface area contributed by atoms with E-state index in [-0.39, 0.29) is 12.5 Å². The highest BCUT2D eigenvalue weighted by atomic mass is 16.4. The molecule has 128 valence electrons. The van der Waals surface area contributed by atoms with Crippen LogP contribution >= 0.6 is 0 Å². The van der Waals surface area contributed by atoms with Crippen molar-refractivity contribution in [2.24, 2.45) is 0 Å². The molecule has 0 radical (unpaired) electrons. The Morgan fingerprint density at radius 2 is 2.04 bits per heavy atom. The SMILES string of the molecule is CCN(CC)C(=O)c1oc2c(c1C)-c1nn(CC(=O)O)cc1CC2. The van der Waals surface area contributed by atoms with Crippen molar-refractivity contribution in [3.63, 3.8) is 0 Å². The largest absolute Gasteiger partial charge is 0.480 e. The molecular formula is C17H21N3O4. The Bertz CT molecular complexity index is 799. The fourth-order valence-corrected chi connectivity index (χ4v) is 3.24. The number of nitrogens with zero attached hydrogens (tertiary/aromatic N) is 3. The van der Waals surface area contributed by atoms with Gasteiger partial charge in [-0.1, -0.05) is 0 Å². The summed E-state index contributed by atoms with van der Waals surface area (Å²) in [6.45, 7) is 6.81. The highest BCUT2D eigenvalue weighted by Crippen LogP contribution is 2.38. The second kappa shape index (κ2) is 6.14. The number of hydrogen-bond donors (Lipinski definition) is 1. The third-order valence-corrected chi connectivity index (χ3v) is 4.46. The Labute approximate surface area is 139 Å². The molecule has 7 nitrogen and oxygen atoms in total. The summed E-state index contributed by atoms with van der Waals surface area (Å²) >= 11 is 0. The monoisotopic (exact) mass is 331 g/mol. The van der Waals surface area contributed by atoms with Crippen molar-refractivity contribution in [1.29, 1.82) is 0 Å².